The second kappa shape index (κ2) is 5.52. The van der Waals surface area contributed by atoms with Crippen LogP contribution in [0.4, 0.5) is 0 Å². The van der Waals surface area contributed by atoms with Gasteiger partial charge in [-0.05, 0) is 13.5 Å². The number of likely N-dealkylation sites (tertiary alicyclic amines) is 2. The minimum Gasteiger partial charge on any atom is -0.633 e. The van der Waals surface area contributed by atoms with Gasteiger partial charge in [-0.3, -0.25) is 9.63 Å². The van der Waals surface area contributed by atoms with Crippen LogP contribution in [0, 0.1) is 5.21 Å². The standard InChI is InChI=1S/C12H22N3O3/c1-13-6-3-11(9-13)14(10-16)18-12-4-7-15(2,17)8-5-12/h11-12H,3-9H2,1-2H3. The molecule has 1 radical (unpaired) electrons. The number of likely N-dealkylation sites (N-methyl/N-ethyl adjacent to an activating group) is 1. The minimum absolute atomic E-state index is 0.0162. The SMILES string of the molecule is CN1CCC(N([C]=O)OC2CC[N+](C)([O-])CC2)C1. The fourth-order valence-corrected chi connectivity index (χ4v) is 2.64. The summed E-state index contributed by atoms with van der Waals surface area (Å²) in [7, 11) is 3.72. The number of rotatable bonds is 4. The number of hydroxylamine groups is 5. The molecule has 1 unspecified atom stereocenters. The summed E-state index contributed by atoms with van der Waals surface area (Å²) in [6, 6.07) is 0.0996. The largest absolute Gasteiger partial charge is 0.633 e. The van der Waals surface area contributed by atoms with Crippen LogP contribution in [0.15, 0.2) is 0 Å². The highest BCUT2D eigenvalue weighted by molar-refractivity contribution is 5.47. The van der Waals surface area contributed by atoms with E-state index >= 15 is 0 Å². The zero-order valence-corrected chi connectivity index (χ0v) is 11.2. The molecule has 0 aromatic carbocycles. The van der Waals surface area contributed by atoms with Crippen molar-refractivity contribution in [1.82, 2.24) is 9.96 Å². The van der Waals surface area contributed by atoms with Gasteiger partial charge < -0.3 is 14.8 Å². The van der Waals surface area contributed by atoms with Gasteiger partial charge in [0, 0.05) is 25.9 Å². The molecule has 0 aliphatic carbocycles. The number of piperidine rings is 1. The third-order valence-corrected chi connectivity index (χ3v) is 3.90. The average Bonchev–Trinajstić information content (AvgIpc) is 2.74. The second-order valence-corrected chi connectivity index (χ2v) is 5.67. The molecular weight excluding hydrogens is 234 g/mol. The Hall–Kier alpha value is -0.690. The van der Waals surface area contributed by atoms with Gasteiger partial charge in [-0.25, -0.2) is 5.06 Å². The Labute approximate surface area is 108 Å². The zero-order valence-electron chi connectivity index (χ0n) is 11.2. The topological polar surface area (TPSA) is 55.8 Å². The van der Waals surface area contributed by atoms with Crippen LogP contribution < -0.4 is 0 Å². The molecule has 103 valence electrons. The van der Waals surface area contributed by atoms with Crippen LogP contribution in [0.3, 0.4) is 0 Å². The van der Waals surface area contributed by atoms with Crippen LogP contribution >= 0.6 is 0 Å². The molecule has 0 saturated carbocycles. The van der Waals surface area contributed by atoms with Crippen molar-refractivity contribution >= 4 is 6.41 Å². The van der Waals surface area contributed by atoms with E-state index in [1.54, 1.807) is 7.05 Å². The molecule has 2 aliphatic heterocycles. The summed E-state index contributed by atoms with van der Waals surface area (Å²) in [6.07, 6.45) is 4.21. The molecule has 0 N–H and O–H groups in total. The summed E-state index contributed by atoms with van der Waals surface area (Å²) in [6.45, 7) is 2.92. The van der Waals surface area contributed by atoms with E-state index < -0.39 is 0 Å². The van der Waals surface area contributed by atoms with Gasteiger partial charge in [0.2, 0.25) is 0 Å². The van der Waals surface area contributed by atoms with Crippen molar-refractivity contribution in [3.63, 3.8) is 0 Å². The lowest BCUT2D eigenvalue weighted by Gasteiger charge is -2.44. The van der Waals surface area contributed by atoms with Crippen LogP contribution in [0.1, 0.15) is 19.3 Å². The van der Waals surface area contributed by atoms with Gasteiger partial charge in [0.15, 0.2) is 0 Å². The predicted octanol–water partition coefficient (Wildman–Crippen LogP) is 0.0981. The summed E-state index contributed by atoms with van der Waals surface area (Å²) in [5.41, 5.74) is 0. The van der Waals surface area contributed by atoms with Gasteiger partial charge in [0.1, 0.15) is 0 Å². The summed E-state index contributed by atoms with van der Waals surface area (Å²) >= 11 is 0. The fraction of sp³-hybridized carbons (Fsp3) is 0.917. The van der Waals surface area contributed by atoms with Crippen molar-refractivity contribution in [3.8, 4) is 0 Å². The smallest absolute Gasteiger partial charge is 0.338 e. The van der Waals surface area contributed by atoms with Crippen LogP contribution in [0.2, 0.25) is 0 Å². The van der Waals surface area contributed by atoms with Gasteiger partial charge in [-0.2, -0.15) is 0 Å². The lowest BCUT2D eigenvalue weighted by molar-refractivity contribution is -0.867. The van der Waals surface area contributed by atoms with Crippen LogP contribution in [-0.4, -0.2) is 73.4 Å². The minimum atomic E-state index is -0.198. The predicted molar refractivity (Wildman–Crippen MR) is 66.8 cm³/mol. The first kappa shape index (κ1) is 13.7. The monoisotopic (exact) mass is 256 g/mol. The van der Waals surface area contributed by atoms with Crippen LogP contribution in [-0.2, 0) is 9.63 Å². The Balaban J connectivity index is 1.82. The van der Waals surface area contributed by atoms with Gasteiger partial charge in [-0.15, -0.1) is 0 Å². The van der Waals surface area contributed by atoms with Gasteiger partial charge in [0.05, 0.1) is 32.3 Å². The van der Waals surface area contributed by atoms with Gasteiger partial charge >= 0.3 is 6.41 Å². The van der Waals surface area contributed by atoms with E-state index in [2.05, 4.69) is 4.90 Å². The molecule has 2 aliphatic rings. The summed E-state index contributed by atoms with van der Waals surface area (Å²) in [5.74, 6) is 0. The van der Waals surface area contributed by atoms with E-state index in [-0.39, 0.29) is 16.8 Å². The first-order valence-corrected chi connectivity index (χ1v) is 6.58. The number of hydrogen-bond donors (Lipinski definition) is 0. The summed E-state index contributed by atoms with van der Waals surface area (Å²) < 4.78 is -0.198. The number of hydrogen-bond acceptors (Lipinski definition) is 4. The highest BCUT2D eigenvalue weighted by Crippen LogP contribution is 2.21. The first-order valence-electron chi connectivity index (χ1n) is 6.58. The number of quaternary nitrogens is 1. The van der Waals surface area contributed by atoms with E-state index in [9.17, 15) is 10.0 Å². The molecule has 0 spiro atoms. The van der Waals surface area contributed by atoms with E-state index in [0.29, 0.717) is 25.9 Å². The molecule has 2 fully saturated rings. The molecule has 6 heteroatoms. The van der Waals surface area contributed by atoms with E-state index in [1.165, 1.54) is 5.06 Å². The fourth-order valence-electron chi connectivity index (χ4n) is 2.64. The Morgan fingerprint density at radius 1 is 1.39 bits per heavy atom. The van der Waals surface area contributed by atoms with E-state index in [4.69, 9.17) is 4.84 Å². The maximum atomic E-state index is 11.7. The van der Waals surface area contributed by atoms with Crippen LogP contribution in [0.25, 0.3) is 0 Å². The quantitative estimate of drug-likeness (QED) is 0.310. The maximum Gasteiger partial charge on any atom is 0.338 e. The number of amides is 1. The Morgan fingerprint density at radius 2 is 2.06 bits per heavy atom. The Kier molecular flexibility index (Phi) is 4.21. The third kappa shape index (κ3) is 3.41. The van der Waals surface area contributed by atoms with E-state index in [1.807, 2.05) is 13.5 Å². The lowest BCUT2D eigenvalue weighted by atomic mass is 10.1. The highest BCUT2D eigenvalue weighted by Gasteiger charge is 2.31. The van der Waals surface area contributed by atoms with Crippen molar-refractivity contribution < 1.29 is 14.3 Å². The third-order valence-electron chi connectivity index (χ3n) is 3.90. The van der Waals surface area contributed by atoms with Gasteiger partial charge in [-0.1, -0.05) is 0 Å². The molecule has 2 rings (SSSR count). The van der Waals surface area contributed by atoms with Crippen molar-refractivity contribution in [2.75, 3.05) is 40.3 Å². The van der Waals surface area contributed by atoms with Crippen LogP contribution in [0.5, 0.6) is 0 Å². The first-order chi connectivity index (χ1) is 8.50. The summed E-state index contributed by atoms with van der Waals surface area (Å²) in [5, 5.41) is 13.0. The zero-order chi connectivity index (χ0) is 13.2. The summed E-state index contributed by atoms with van der Waals surface area (Å²) in [4.78, 5) is 18.9. The molecule has 0 aromatic heterocycles. The molecule has 2 heterocycles. The molecule has 18 heavy (non-hydrogen) atoms. The van der Waals surface area contributed by atoms with Crippen molar-refractivity contribution in [1.29, 1.82) is 0 Å². The van der Waals surface area contributed by atoms with Crippen molar-refractivity contribution in [2.45, 2.75) is 31.4 Å². The molecule has 0 bridgehead atoms. The van der Waals surface area contributed by atoms with Crippen molar-refractivity contribution in [2.24, 2.45) is 0 Å². The molecule has 0 aromatic rings. The molecule has 1 atom stereocenters. The maximum absolute atomic E-state index is 11.7. The highest BCUT2D eigenvalue weighted by atomic mass is 16.7. The number of carbonyl (C=O) groups excluding carboxylic acids is 1. The Morgan fingerprint density at radius 3 is 2.56 bits per heavy atom. The molecule has 1 amide bonds. The lowest BCUT2D eigenvalue weighted by Crippen LogP contribution is -2.49. The van der Waals surface area contributed by atoms with Crippen molar-refractivity contribution in [3.05, 3.63) is 5.21 Å². The molecule has 6 nitrogen and oxygen atoms in total. The Bertz CT molecular complexity index is 288. The molecular formula is C12H22N3O3. The van der Waals surface area contributed by atoms with Gasteiger partial charge in [0.25, 0.3) is 0 Å². The average molecular weight is 256 g/mol. The normalized spacial score (nSPS) is 37.7. The molecule has 2 saturated heterocycles. The second-order valence-electron chi connectivity index (χ2n) is 5.67. The van der Waals surface area contributed by atoms with E-state index in [0.717, 1.165) is 19.5 Å². The number of nitrogens with zero attached hydrogens (tertiary/aromatic N) is 3.